The van der Waals surface area contributed by atoms with Crippen LogP contribution >= 0.6 is 11.8 Å². The maximum absolute atomic E-state index is 11.7. The molecular weight excluding hydrogens is 296 g/mol. The molecule has 1 fully saturated rings. The van der Waals surface area contributed by atoms with E-state index in [9.17, 15) is 9.90 Å². The molecule has 1 amide bonds. The molecule has 1 aliphatic rings. The molecule has 0 spiro atoms. The third kappa shape index (κ3) is 4.73. The van der Waals surface area contributed by atoms with Crippen LogP contribution in [0.4, 0.5) is 4.79 Å². The quantitative estimate of drug-likeness (QED) is 0.865. The molecule has 1 aliphatic heterocycles. The van der Waals surface area contributed by atoms with Crippen LogP contribution < -0.4 is 0 Å². The lowest BCUT2D eigenvalue weighted by Crippen LogP contribution is -2.45. The minimum atomic E-state index is -0.284. The van der Waals surface area contributed by atoms with E-state index in [0.29, 0.717) is 0 Å². The van der Waals surface area contributed by atoms with Crippen molar-refractivity contribution < 1.29 is 9.90 Å². The summed E-state index contributed by atoms with van der Waals surface area (Å²) < 4.78 is 0. The normalized spacial score (nSPS) is 20.6. The summed E-state index contributed by atoms with van der Waals surface area (Å²) in [6.07, 6.45) is 3.19. The number of benzene rings is 1. The largest absolute Gasteiger partial charge is 0.392 e. The molecule has 0 aromatic heterocycles. The van der Waals surface area contributed by atoms with E-state index >= 15 is 0 Å². The topological polar surface area (TPSA) is 43.8 Å². The van der Waals surface area contributed by atoms with Crippen molar-refractivity contribution in [2.75, 3.05) is 20.6 Å². The SMILES string of the molecule is CC(O)C1CCCCN1Cc1ccc(SC(=O)N(C)C)cc1. The smallest absolute Gasteiger partial charge is 0.285 e. The average Bonchev–Trinajstić information content (AvgIpc) is 2.49. The van der Waals surface area contributed by atoms with Gasteiger partial charge >= 0.3 is 0 Å². The lowest BCUT2D eigenvalue weighted by atomic mass is 9.97. The molecule has 2 rings (SSSR count). The molecule has 0 aliphatic carbocycles. The van der Waals surface area contributed by atoms with E-state index in [1.54, 1.807) is 19.0 Å². The van der Waals surface area contributed by atoms with E-state index in [1.165, 1.54) is 30.2 Å². The van der Waals surface area contributed by atoms with Gasteiger partial charge in [-0.3, -0.25) is 9.69 Å². The molecule has 0 saturated carbocycles. The van der Waals surface area contributed by atoms with Crippen molar-refractivity contribution in [3.8, 4) is 0 Å². The second kappa shape index (κ2) is 7.99. The van der Waals surface area contributed by atoms with Gasteiger partial charge in [0.15, 0.2) is 0 Å². The van der Waals surface area contributed by atoms with Crippen LogP contribution in [0.15, 0.2) is 29.2 Å². The third-order valence-corrected chi connectivity index (χ3v) is 5.15. The summed E-state index contributed by atoms with van der Waals surface area (Å²) in [6.45, 7) is 3.79. The number of hydrogen-bond acceptors (Lipinski definition) is 4. The fraction of sp³-hybridized carbons (Fsp3) is 0.588. The van der Waals surface area contributed by atoms with E-state index in [4.69, 9.17) is 0 Å². The molecule has 1 aromatic rings. The molecule has 1 saturated heterocycles. The van der Waals surface area contributed by atoms with Gasteiger partial charge in [-0.1, -0.05) is 18.6 Å². The zero-order valence-electron chi connectivity index (χ0n) is 13.7. The molecule has 1 N–H and O–H groups in total. The molecule has 0 radical (unpaired) electrons. The highest BCUT2D eigenvalue weighted by Crippen LogP contribution is 2.24. The fourth-order valence-electron chi connectivity index (χ4n) is 2.85. The number of nitrogens with zero attached hydrogens (tertiary/aromatic N) is 2. The number of carbonyl (C=O) groups is 1. The maximum Gasteiger partial charge on any atom is 0.285 e. The lowest BCUT2D eigenvalue weighted by molar-refractivity contribution is 0.0316. The fourth-order valence-corrected chi connectivity index (χ4v) is 3.51. The standard InChI is InChI=1S/C17H26N2O2S/c1-13(20)16-6-4-5-11-19(16)12-14-7-9-15(10-8-14)22-17(21)18(2)3/h7-10,13,16,20H,4-6,11-12H2,1-3H3. The van der Waals surface area contributed by atoms with Crippen molar-refractivity contribution in [3.63, 3.8) is 0 Å². The Labute approximate surface area is 137 Å². The highest BCUT2D eigenvalue weighted by molar-refractivity contribution is 8.13. The van der Waals surface area contributed by atoms with Gasteiger partial charge in [-0.15, -0.1) is 0 Å². The Bertz CT molecular complexity index is 488. The molecular formula is C17H26N2O2S. The number of amides is 1. The van der Waals surface area contributed by atoms with Gasteiger partial charge in [0.05, 0.1) is 6.10 Å². The first-order chi connectivity index (χ1) is 10.5. The van der Waals surface area contributed by atoms with Crippen LogP contribution in [0.2, 0.25) is 0 Å². The first-order valence-electron chi connectivity index (χ1n) is 7.87. The number of rotatable bonds is 4. The van der Waals surface area contributed by atoms with Crippen LogP contribution in [-0.4, -0.2) is 52.9 Å². The molecule has 22 heavy (non-hydrogen) atoms. The van der Waals surface area contributed by atoms with E-state index in [-0.39, 0.29) is 17.4 Å². The van der Waals surface area contributed by atoms with Gasteiger partial charge in [-0.05, 0) is 55.8 Å². The van der Waals surface area contributed by atoms with Crippen molar-refractivity contribution in [2.24, 2.45) is 0 Å². The molecule has 2 atom stereocenters. The van der Waals surface area contributed by atoms with E-state index in [2.05, 4.69) is 17.0 Å². The maximum atomic E-state index is 11.7. The Balaban J connectivity index is 1.97. The molecule has 5 heteroatoms. The van der Waals surface area contributed by atoms with Crippen LogP contribution in [0.1, 0.15) is 31.7 Å². The number of carbonyl (C=O) groups excluding carboxylic acids is 1. The highest BCUT2D eigenvalue weighted by Gasteiger charge is 2.26. The summed E-state index contributed by atoms with van der Waals surface area (Å²) >= 11 is 1.25. The molecule has 122 valence electrons. The lowest BCUT2D eigenvalue weighted by Gasteiger charge is -2.37. The predicted molar refractivity (Wildman–Crippen MR) is 91.1 cm³/mol. The van der Waals surface area contributed by atoms with Gasteiger partial charge in [-0.25, -0.2) is 0 Å². The summed E-state index contributed by atoms with van der Waals surface area (Å²) in [5.41, 5.74) is 1.23. The number of likely N-dealkylation sites (tertiary alicyclic amines) is 1. The van der Waals surface area contributed by atoms with Gasteiger partial charge in [-0.2, -0.15) is 0 Å². The molecule has 2 unspecified atom stereocenters. The van der Waals surface area contributed by atoms with Crippen LogP contribution in [0.5, 0.6) is 0 Å². The van der Waals surface area contributed by atoms with E-state index < -0.39 is 0 Å². The summed E-state index contributed by atoms with van der Waals surface area (Å²) in [7, 11) is 3.52. The number of aliphatic hydroxyl groups excluding tert-OH is 1. The van der Waals surface area contributed by atoms with Crippen LogP contribution in [0.3, 0.4) is 0 Å². The monoisotopic (exact) mass is 322 g/mol. The molecule has 4 nitrogen and oxygen atoms in total. The number of thioether (sulfide) groups is 1. The Hall–Kier alpha value is -1.04. The summed E-state index contributed by atoms with van der Waals surface area (Å²) in [5.74, 6) is 0. The van der Waals surface area contributed by atoms with Crippen molar-refractivity contribution in [1.29, 1.82) is 0 Å². The van der Waals surface area contributed by atoms with E-state index in [1.807, 2.05) is 19.1 Å². The third-order valence-electron chi connectivity index (χ3n) is 4.10. The number of hydrogen-bond donors (Lipinski definition) is 1. The van der Waals surface area contributed by atoms with Crippen molar-refractivity contribution >= 4 is 17.0 Å². The van der Waals surface area contributed by atoms with Gasteiger partial charge in [0, 0.05) is 31.6 Å². The van der Waals surface area contributed by atoms with Gasteiger partial charge in [0.1, 0.15) is 0 Å². The zero-order chi connectivity index (χ0) is 16.1. The van der Waals surface area contributed by atoms with Crippen LogP contribution in [0, 0.1) is 0 Å². The Morgan fingerprint density at radius 3 is 2.64 bits per heavy atom. The number of aliphatic hydroxyl groups is 1. The highest BCUT2D eigenvalue weighted by atomic mass is 32.2. The Kier molecular flexibility index (Phi) is 6.29. The summed E-state index contributed by atoms with van der Waals surface area (Å²) in [5, 5.41) is 9.97. The first-order valence-corrected chi connectivity index (χ1v) is 8.69. The molecule has 0 bridgehead atoms. The van der Waals surface area contributed by atoms with Crippen molar-refractivity contribution in [2.45, 2.75) is 49.8 Å². The van der Waals surface area contributed by atoms with Gasteiger partial charge in [0.25, 0.3) is 5.24 Å². The van der Waals surface area contributed by atoms with Crippen molar-refractivity contribution in [1.82, 2.24) is 9.80 Å². The minimum absolute atomic E-state index is 0.0398. The van der Waals surface area contributed by atoms with Crippen LogP contribution in [0.25, 0.3) is 0 Å². The summed E-state index contributed by atoms with van der Waals surface area (Å²) in [6, 6.07) is 8.43. The Morgan fingerprint density at radius 1 is 1.36 bits per heavy atom. The molecule has 1 aromatic carbocycles. The Morgan fingerprint density at radius 2 is 2.05 bits per heavy atom. The van der Waals surface area contributed by atoms with Crippen molar-refractivity contribution in [3.05, 3.63) is 29.8 Å². The summed E-state index contributed by atoms with van der Waals surface area (Å²) in [4.78, 5) is 16.6. The predicted octanol–water partition coefficient (Wildman–Crippen LogP) is 3.20. The second-order valence-electron chi connectivity index (χ2n) is 6.18. The average molecular weight is 322 g/mol. The zero-order valence-corrected chi connectivity index (χ0v) is 14.5. The molecule has 1 heterocycles. The minimum Gasteiger partial charge on any atom is -0.392 e. The van der Waals surface area contributed by atoms with E-state index in [0.717, 1.165) is 24.4 Å². The van der Waals surface area contributed by atoms with Gasteiger partial charge < -0.3 is 10.0 Å². The number of piperidine rings is 1. The second-order valence-corrected chi connectivity index (χ2v) is 7.21. The van der Waals surface area contributed by atoms with Crippen LogP contribution in [-0.2, 0) is 6.54 Å². The van der Waals surface area contributed by atoms with Gasteiger partial charge in [0.2, 0.25) is 0 Å². The first kappa shape index (κ1) is 17.3.